The Morgan fingerprint density at radius 1 is 1.06 bits per heavy atom. The van der Waals surface area contributed by atoms with Gasteiger partial charge in [-0.05, 0) is 68.5 Å². The first-order valence-corrected chi connectivity index (χ1v) is 14.5. The number of carbonyl (C=O) groups excluding carboxylic acids is 2. The van der Waals surface area contributed by atoms with Gasteiger partial charge >= 0.3 is 0 Å². The second-order valence-electron chi connectivity index (χ2n) is 8.97. The summed E-state index contributed by atoms with van der Waals surface area (Å²) in [5, 5.41) is 3.60. The molecule has 2 rings (SSSR count). The van der Waals surface area contributed by atoms with Crippen molar-refractivity contribution in [3.63, 3.8) is 0 Å². The molecule has 0 unspecified atom stereocenters. The number of sulfonamides is 1. The highest BCUT2D eigenvalue weighted by atomic mass is 35.5. The Bertz CT molecular complexity index is 1190. The van der Waals surface area contributed by atoms with Gasteiger partial charge in [0.25, 0.3) is 0 Å². The lowest BCUT2D eigenvalue weighted by Gasteiger charge is -2.29. The average molecular weight is 557 g/mol. The third-order valence-electron chi connectivity index (χ3n) is 5.84. The summed E-state index contributed by atoms with van der Waals surface area (Å²) in [6.07, 6.45) is 2.30. The molecule has 2 aromatic carbocycles. The van der Waals surface area contributed by atoms with Crippen molar-refractivity contribution in [2.24, 2.45) is 0 Å². The number of rotatable bonds is 12. The van der Waals surface area contributed by atoms with Gasteiger partial charge in [0.15, 0.2) is 0 Å². The number of nitrogens with zero attached hydrogens (tertiary/aromatic N) is 2. The van der Waals surface area contributed by atoms with E-state index in [1.54, 1.807) is 25.1 Å². The van der Waals surface area contributed by atoms with Gasteiger partial charge in [-0.2, -0.15) is 0 Å². The molecule has 0 aromatic heterocycles. The van der Waals surface area contributed by atoms with Crippen LogP contribution in [0.15, 0.2) is 36.4 Å². The summed E-state index contributed by atoms with van der Waals surface area (Å²) in [7, 11) is -3.56. The van der Waals surface area contributed by atoms with Crippen LogP contribution in [0.3, 0.4) is 0 Å². The Morgan fingerprint density at radius 3 is 2.36 bits per heavy atom. The van der Waals surface area contributed by atoms with Gasteiger partial charge in [0.2, 0.25) is 21.8 Å². The molecular formula is C26H35Cl2N3O4S. The lowest BCUT2D eigenvalue weighted by molar-refractivity contribution is -0.140. The topological polar surface area (TPSA) is 86.8 Å². The van der Waals surface area contributed by atoms with Crippen molar-refractivity contribution in [3.8, 4) is 0 Å². The summed E-state index contributed by atoms with van der Waals surface area (Å²) >= 11 is 12.2. The number of hydrogen-bond acceptors (Lipinski definition) is 4. The summed E-state index contributed by atoms with van der Waals surface area (Å²) in [6.45, 7) is 8.21. The number of carbonyl (C=O) groups is 2. The molecule has 0 saturated heterocycles. The third-order valence-corrected chi connectivity index (χ3v) is 7.76. The first-order valence-electron chi connectivity index (χ1n) is 11.9. The predicted octanol–water partition coefficient (Wildman–Crippen LogP) is 5.10. The van der Waals surface area contributed by atoms with E-state index in [1.807, 2.05) is 39.0 Å². The fraction of sp³-hybridized carbons (Fsp3) is 0.462. The SMILES string of the molecule is CCCNC(=O)[C@@H](C)N(Cc1ccc(Cl)c(Cl)c1)C(=O)CCCN(c1cc(C)ccc1C)S(C)(=O)=O. The molecule has 0 aliphatic heterocycles. The molecule has 198 valence electrons. The maximum atomic E-state index is 13.3. The minimum atomic E-state index is -3.56. The van der Waals surface area contributed by atoms with Crippen molar-refractivity contribution in [2.75, 3.05) is 23.7 Å². The van der Waals surface area contributed by atoms with Crippen LogP contribution in [0.4, 0.5) is 5.69 Å². The highest BCUT2D eigenvalue weighted by molar-refractivity contribution is 7.92. The summed E-state index contributed by atoms with van der Waals surface area (Å²) in [5.41, 5.74) is 3.12. The fourth-order valence-electron chi connectivity index (χ4n) is 3.78. The number of amides is 2. The zero-order valence-electron chi connectivity index (χ0n) is 21.5. The summed E-state index contributed by atoms with van der Waals surface area (Å²) in [5.74, 6) is -0.506. The number of nitrogens with one attached hydrogen (secondary N) is 1. The molecular weight excluding hydrogens is 521 g/mol. The molecule has 0 aliphatic rings. The molecule has 0 heterocycles. The lowest BCUT2D eigenvalue weighted by Crippen LogP contribution is -2.47. The fourth-order valence-corrected chi connectivity index (χ4v) is 5.12. The van der Waals surface area contributed by atoms with Gasteiger partial charge in [0.05, 0.1) is 22.0 Å². The zero-order chi connectivity index (χ0) is 27.0. The van der Waals surface area contributed by atoms with E-state index in [9.17, 15) is 18.0 Å². The molecule has 0 bridgehead atoms. The number of aryl methyl sites for hydroxylation is 2. The van der Waals surface area contributed by atoms with Crippen LogP contribution in [0.2, 0.25) is 10.0 Å². The van der Waals surface area contributed by atoms with Crippen LogP contribution in [0.25, 0.3) is 0 Å². The molecule has 0 radical (unpaired) electrons. The number of benzene rings is 2. The molecule has 7 nitrogen and oxygen atoms in total. The molecule has 0 saturated carbocycles. The number of anilines is 1. The van der Waals surface area contributed by atoms with Gasteiger partial charge in [0.1, 0.15) is 6.04 Å². The molecule has 1 atom stereocenters. The standard InChI is InChI=1S/C26H35Cl2N3O4S/c1-6-13-29-26(33)20(4)30(17-21-11-12-22(27)23(28)16-21)25(32)8-7-14-31(36(5,34)35)24-15-18(2)9-10-19(24)3/h9-12,15-16,20H,6-8,13-14,17H2,1-5H3,(H,29,33)/t20-/m1/s1. The molecule has 0 aliphatic carbocycles. The summed E-state index contributed by atoms with van der Waals surface area (Å²) < 4.78 is 26.5. The van der Waals surface area contributed by atoms with E-state index in [1.165, 1.54) is 9.21 Å². The maximum absolute atomic E-state index is 13.3. The van der Waals surface area contributed by atoms with Crippen molar-refractivity contribution >= 4 is 50.7 Å². The van der Waals surface area contributed by atoms with Crippen LogP contribution in [0.1, 0.15) is 49.8 Å². The van der Waals surface area contributed by atoms with E-state index in [0.717, 1.165) is 29.4 Å². The van der Waals surface area contributed by atoms with Crippen molar-refractivity contribution in [1.82, 2.24) is 10.2 Å². The molecule has 0 fully saturated rings. The molecule has 2 aromatic rings. The van der Waals surface area contributed by atoms with Crippen molar-refractivity contribution in [1.29, 1.82) is 0 Å². The van der Waals surface area contributed by atoms with Crippen molar-refractivity contribution < 1.29 is 18.0 Å². The third kappa shape index (κ3) is 8.39. The van der Waals surface area contributed by atoms with Crippen molar-refractivity contribution in [2.45, 2.75) is 59.5 Å². The summed E-state index contributed by atoms with van der Waals surface area (Å²) in [4.78, 5) is 27.5. The minimum Gasteiger partial charge on any atom is -0.354 e. The van der Waals surface area contributed by atoms with Gasteiger partial charge in [0, 0.05) is 26.1 Å². The molecule has 36 heavy (non-hydrogen) atoms. The Hall–Kier alpha value is -2.29. The smallest absolute Gasteiger partial charge is 0.242 e. The van der Waals surface area contributed by atoms with E-state index in [0.29, 0.717) is 28.7 Å². The number of hydrogen-bond donors (Lipinski definition) is 1. The van der Waals surface area contributed by atoms with Crippen LogP contribution in [-0.4, -0.2) is 50.5 Å². The zero-order valence-corrected chi connectivity index (χ0v) is 23.8. The molecule has 2 amide bonds. The van der Waals surface area contributed by atoms with Crippen LogP contribution in [0, 0.1) is 13.8 Å². The predicted molar refractivity (Wildman–Crippen MR) is 147 cm³/mol. The Kier molecular flexibility index (Phi) is 11.1. The van der Waals surface area contributed by atoms with E-state index >= 15 is 0 Å². The largest absolute Gasteiger partial charge is 0.354 e. The Balaban J connectivity index is 2.21. The first-order chi connectivity index (χ1) is 16.8. The van der Waals surface area contributed by atoms with Crippen LogP contribution >= 0.6 is 23.2 Å². The van der Waals surface area contributed by atoms with Crippen LogP contribution in [-0.2, 0) is 26.2 Å². The first kappa shape index (κ1) is 29.9. The van der Waals surface area contributed by atoms with Crippen LogP contribution in [0.5, 0.6) is 0 Å². The second-order valence-corrected chi connectivity index (χ2v) is 11.7. The Labute approximate surface area is 224 Å². The molecule has 1 N–H and O–H groups in total. The highest BCUT2D eigenvalue weighted by Gasteiger charge is 2.27. The monoisotopic (exact) mass is 555 g/mol. The lowest BCUT2D eigenvalue weighted by atomic mass is 10.1. The number of halogens is 2. The van der Waals surface area contributed by atoms with E-state index in [4.69, 9.17) is 23.2 Å². The van der Waals surface area contributed by atoms with Gasteiger partial charge in [-0.3, -0.25) is 13.9 Å². The minimum absolute atomic E-state index is 0.0730. The van der Waals surface area contributed by atoms with E-state index in [-0.39, 0.29) is 31.3 Å². The van der Waals surface area contributed by atoms with E-state index in [2.05, 4.69) is 5.32 Å². The van der Waals surface area contributed by atoms with Gasteiger partial charge in [-0.25, -0.2) is 8.42 Å². The van der Waals surface area contributed by atoms with Gasteiger partial charge in [-0.15, -0.1) is 0 Å². The highest BCUT2D eigenvalue weighted by Crippen LogP contribution is 2.26. The molecule has 0 spiro atoms. The van der Waals surface area contributed by atoms with Gasteiger partial charge in [-0.1, -0.05) is 48.3 Å². The summed E-state index contributed by atoms with van der Waals surface area (Å²) in [6, 6.07) is 10.00. The Morgan fingerprint density at radius 2 is 1.75 bits per heavy atom. The van der Waals surface area contributed by atoms with Crippen LogP contribution < -0.4 is 9.62 Å². The normalized spacial score (nSPS) is 12.2. The van der Waals surface area contributed by atoms with Gasteiger partial charge < -0.3 is 10.2 Å². The van der Waals surface area contributed by atoms with E-state index < -0.39 is 16.1 Å². The second kappa shape index (κ2) is 13.3. The maximum Gasteiger partial charge on any atom is 0.242 e. The van der Waals surface area contributed by atoms with Crippen molar-refractivity contribution in [3.05, 3.63) is 63.1 Å². The quantitative estimate of drug-likeness (QED) is 0.394. The average Bonchev–Trinajstić information content (AvgIpc) is 2.81. The molecule has 10 heteroatoms.